The van der Waals surface area contributed by atoms with Gasteiger partial charge in [0, 0.05) is 10.6 Å². The predicted octanol–water partition coefficient (Wildman–Crippen LogP) is 1.80. The molecule has 118 valence electrons. The zero-order valence-corrected chi connectivity index (χ0v) is 14.2. The van der Waals surface area contributed by atoms with Crippen LogP contribution in [0.1, 0.15) is 19.4 Å². The molecule has 1 heterocycles. The van der Waals surface area contributed by atoms with Gasteiger partial charge in [0.05, 0.1) is 13.2 Å². The van der Waals surface area contributed by atoms with Gasteiger partial charge in [-0.25, -0.2) is 0 Å². The number of nitrogens with one attached hydrogen (secondary N) is 1. The minimum atomic E-state index is 0.376. The normalized spacial score (nSPS) is 26.0. The molecule has 3 nitrogen and oxygen atoms in total. The van der Waals surface area contributed by atoms with E-state index < -0.39 is 0 Å². The van der Waals surface area contributed by atoms with E-state index in [9.17, 15) is 0 Å². The molecule has 1 saturated heterocycles. The van der Waals surface area contributed by atoms with Gasteiger partial charge in [-0.1, -0.05) is 17.7 Å². The first-order valence-corrected chi connectivity index (χ1v) is 8.88. The third-order valence-electron chi connectivity index (χ3n) is 3.73. The van der Waals surface area contributed by atoms with Crippen molar-refractivity contribution in [3.8, 4) is 0 Å². The van der Waals surface area contributed by atoms with Crippen molar-refractivity contribution < 1.29 is 14.4 Å². The van der Waals surface area contributed by atoms with Crippen molar-refractivity contribution in [2.24, 2.45) is 0 Å². The Balaban J connectivity index is 1.53. The minimum Gasteiger partial charge on any atom is -0.375 e. The molecule has 0 aromatic heterocycles. The molecule has 0 unspecified atom stereocenters. The maximum absolute atomic E-state index is 5.77. The summed E-state index contributed by atoms with van der Waals surface area (Å²) in [5.74, 6) is 1.02. The van der Waals surface area contributed by atoms with Gasteiger partial charge < -0.3 is 14.4 Å². The first-order chi connectivity index (χ1) is 10.1. The van der Waals surface area contributed by atoms with Crippen molar-refractivity contribution in [1.29, 1.82) is 0 Å². The van der Waals surface area contributed by atoms with E-state index in [1.54, 1.807) is 4.90 Å². The largest absolute Gasteiger partial charge is 0.375 e. The van der Waals surface area contributed by atoms with Crippen molar-refractivity contribution in [2.45, 2.75) is 37.9 Å². The molecule has 4 heteroatoms. The van der Waals surface area contributed by atoms with Crippen LogP contribution < -0.4 is 4.90 Å². The lowest BCUT2D eigenvalue weighted by Crippen LogP contribution is -3.15. The van der Waals surface area contributed by atoms with Gasteiger partial charge in [-0.2, -0.15) is 0 Å². The average molecular weight is 310 g/mol. The van der Waals surface area contributed by atoms with Crippen LogP contribution in [-0.2, 0) is 9.47 Å². The number of ether oxygens (including phenoxy) is 2. The first kappa shape index (κ1) is 16.8. The summed E-state index contributed by atoms with van der Waals surface area (Å²) >= 11 is 1.86. The lowest BCUT2D eigenvalue weighted by Gasteiger charge is -2.32. The third-order valence-corrected chi connectivity index (χ3v) is 4.71. The van der Waals surface area contributed by atoms with Crippen molar-refractivity contribution in [1.82, 2.24) is 0 Å². The van der Waals surface area contributed by atoms with E-state index in [1.807, 2.05) is 11.8 Å². The van der Waals surface area contributed by atoms with Crippen molar-refractivity contribution in [3.63, 3.8) is 0 Å². The summed E-state index contributed by atoms with van der Waals surface area (Å²) in [6.45, 7) is 11.4. The van der Waals surface area contributed by atoms with Crippen LogP contribution in [0.2, 0.25) is 0 Å². The highest BCUT2D eigenvalue weighted by molar-refractivity contribution is 7.99. The second-order valence-corrected chi connectivity index (χ2v) is 7.11. The van der Waals surface area contributed by atoms with Crippen molar-refractivity contribution >= 4 is 11.8 Å². The summed E-state index contributed by atoms with van der Waals surface area (Å²) in [6, 6.07) is 8.68. The number of hydrogen-bond acceptors (Lipinski definition) is 3. The first-order valence-electron chi connectivity index (χ1n) is 7.89. The molecule has 1 aliphatic rings. The Morgan fingerprint density at radius 3 is 2.48 bits per heavy atom. The number of aryl methyl sites for hydroxylation is 1. The molecule has 1 aromatic carbocycles. The number of morpholine rings is 1. The second-order valence-electron chi connectivity index (χ2n) is 5.94. The molecule has 0 bridgehead atoms. The van der Waals surface area contributed by atoms with Crippen LogP contribution in [0.5, 0.6) is 0 Å². The van der Waals surface area contributed by atoms with E-state index in [4.69, 9.17) is 9.47 Å². The SMILES string of the molecule is Cc1ccc(SCCOCC[NH+]2C[C@H](C)O[C@@H](C)C2)cc1. The summed E-state index contributed by atoms with van der Waals surface area (Å²) in [5.41, 5.74) is 1.31. The molecule has 21 heavy (non-hydrogen) atoms. The van der Waals surface area contributed by atoms with E-state index >= 15 is 0 Å². The third kappa shape index (κ3) is 6.39. The number of hydrogen-bond donors (Lipinski definition) is 1. The monoisotopic (exact) mass is 310 g/mol. The van der Waals surface area contributed by atoms with Gasteiger partial charge in [0.1, 0.15) is 31.8 Å². The molecule has 1 aromatic rings. The Kier molecular flexibility index (Phi) is 7.04. The van der Waals surface area contributed by atoms with Gasteiger partial charge in [0.15, 0.2) is 0 Å². The summed E-state index contributed by atoms with van der Waals surface area (Å²) in [4.78, 5) is 2.93. The molecular weight excluding hydrogens is 282 g/mol. The number of benzene rings is 1. The Morgan fingerprint density at radius 2 is 1.81 bits per heavy atom. The van der Waals surface area contributed by atoms with Crippen molar-refractivity contribution in [3.05, 3.63) is 29.8 Å². The molecule has 2 rings (SSSR count). The van der Waals surface area contributed by atoms with Gasteiger partial charge in [-0.15, -0.1) is 11.8 Å². The van der Waals surface area contributed by atoms with Crippen LogP contribution in [0, 0.1) is 6.92 Å². The molecule has 0 saturated carbocycles. The van der Waals surface area contributed by atoms with Crippen LogP contribution in [0.25, 0.3) is 0 Å². The van der Waals surface area contributed by atoms with Crippen LogP contribution >= 0.6 is 11.8 Å². The van der Waals surface area contributed by atoms with Crippen LogP contribution in [0.4, 0.5) is 0 Å². The van der Waals surface area contributed by atoms with E-state index in [0.717, 1.165) is 38.6 Å². The van der Waals surface area contributed by atoms with Gasteiger partial charge in [-0.3, -0.25) is 0 Å². The molecular formula is C17H28NO2S+. The lowest BCUT2D eigenvalue weighted by molar-refractivity contribution is -0.915. The fourth-order valence-corrected chi connectivity index (χ4v) is 3.53. The summed E-state index contributed by atoms with van der Waals surface area (Å²) in [7, 11) is 0. The number of rotatable bonds is 7. The van der Waals surface area contributed by atoms with Crippen LogP contribution in [0.3, 0.4) is 0 Å². The van der Waals surface area contributed by atoms with E-state index in [0.29, 0.717) is 12.2 Å². The molecule has 0 aliphatic carbocycles. The molecule has 0 spiro atoms. The highest BCUT2D eigenvalue weighted by atomic mass is 32.2. The standard InChI is InChI=1S/C17H27NO2S/c1-14-4-6-17(7-5-14)21-11-10-19-9-8-18-12-15(2)20-16(3)13-18/h4-7,15-16H,8-13H2,1-3H3/p+1/t15-,16-/m0/s1. The topological polar surface area (TPSA) is 22.9 Å². The predicted molar refractivity (Wildman–Crippen MR) is 88.3 cm³/mol. The van der Waals surface area contributed by atoms with Gasteiger partial charge in [-0.05, 0) is 32.9 Å². The van der Waals surface area contributed by atoms with Crippen LogP contribution in [-0.4, -0.2) is 50.8 Å². The quantitative estimate of drug-likeness (QED) is 0.613. The van der Waals surface area contributed by atoms with Gasteiger partial charge >= 0.3 is 0 Å². The minimum absolute atomic E-state index is 0.376. The second kappa shape index (κ2) is 8.79. The van der Waals surface area contributed by atoms with Gasteiger partial charge in [0.25, 0.3) is 0 Å². The molecule has 0 amide bonds. The molecule has 2 atom stereocenters. The summed E-state index contributed by atoms with van der Waals surface area (Å²) < 4.78 is 11.5. The number of quaternary nitrogens is 1. The van der Waals surface area contributed by atoms with E-state index in [1.165, 1.54) is 10.5 Å². The Bertz CT molecular complexity index is 400. The van der Waals surface area contributed by atoms with E-state index in [-0.39, 0.29) is 0 Å². The fourth-order valence-electron chi connectivity index (χ4n) is 2.76. The zero-order chi connectivity index (χ0) is 15.1. The Morgan fingerprint density at radius 1 is 1.14 bits per heavy atom. The highest BCUT2D eigenvalue weighted by Crippen LogP contribution is 2.17. The zero-order valence-electron chi connectivity index (χ0n) is 13.4. The molecule has 1 fully saturated rings. The molecule has 1 aliphatic heterocycles. The maximum atomic E-state index is 5.77. The average Bonchev–Trinajstić information content (AvgIpc) is 2.43. The molecule has 0 radical (unpaired) electrons. The summed E-state index contributed by atoms with van der Waals surface area (Å²) in [6.07, 6.45) is 0.752. The summed E-state index contributed by atoms with van der Waals surface area (Å²) in [5, 5.41) is 0. The smallest absolute Gasteiger partial charge is 0.104 e. The van der Waals surface area contributed by atoms with E-state index in [2.05, 4.69) is 45.0 Å². The van der Waals surface area contributed by atoms with Crippen LogP contribution in [0.15, 0.2) is 29.2 Å². The highest BCUT2D eigenvalue weighted by Gasteiger charge is 2.24. The number of thioether (sulfide) groups is 1. The Hall–Kier alpha value is -0.550. The Labute approximate surface area is 133 Å². The fraction of sp³-hybridized carbons (Fsp3) is 0.647. The lowest BCUT2D eigenvalue weighted by atomic mass is 10.2. The maximum Gasteiger partial charge on any atom is 0.104 e. The van der Waals surface area contributed by atoms with Crippen molar-refractivity contribution in [2.75, 3.05) is 38.6 Å². The molecule has 1 N–H and O–H groups in total. The van der Waals surface area contributed by atoms with Gasteiger partial charge in [0.2, 0.25) is 0 Å².